The third-order valence-corrected chi connectivity index (χ3v) is 4.56. The standard InChI is InChI=1S/C14H24N2O5/c17-10-14(3-7-21-8-4-14)15-9-12(18)16-5-1-11(2-6-16)13(19)20/h11,15,17H,1-10H2,(H,19,20). The van der Waals surface area contributed by atoms with E-state index in [0.29, 0.717) is 52.0 Å². The van der Waals surface area contributed by atoms with E-state index in [9.17, 15) is 14.7 Å². The van der Waals surface area contributed by atoms with Crippen molar-refractivity contribution < 1.29 is 24.5 Å². The van der Waals surface area contributed by atoms with Crippen LogP contribution < -0.4 is 5.32 Å². The van der Waals surface area contributed by atoms with Crippen LogP contribution in [-0.4, -0.2) is 72.0 Å². The van der Waals surface area contributed by atoms with E-state index in [4.69, 9.17) is 9.84 Å². The highest BCUT2D eigenvalue weighted by Gasteiger charge is 2.33. The van der Waals surface area contributed by atoms with E-state index in [1.165, 1.54) is 0 Å². The summed E-state index contributed by atoms with van der Waals surface area (Å²) in [5.41, 5.74) is -0.423. The van der Waals surface area contributed by atoms with Crippen molar-refractivity contribution in [2.24, 2.45) is 5.92 Å². The van der Waals surface area contributed by atoms with Crippen molar-refractivity contribution in [3.05, 3.63) is 0 Å². The molecule has 0 saturated carbocycles. The van der Waals surface area contributed by atoms with Crippen LogP contribution in [0.25, 0.3) is 0 Å². The Morgan fingerprint density at radius 1 is 1.24 bits per heavy atom. The fourth-order valence-electron chi connectivity index (χ4n) is 2.90. The SMILES string of the molecule is O=C(O)C1CCN(C(=O)CNC2(CO)CCOCC2)CC1. The number of rotatable bonds is 5. The molecule has 0 aromatic heterocycles. The van der Waals surface area contributed by atoms with Crippen molar-refractivity contribution in [2.45, 2.75) is 31.2 Å². The van der Waals surface area contributed by atoms with E-state index < -0.39 is 11.5 Å². The molecule has 1 amide bonds. The summed E-state index contributed by atoms with van der Waals surface area (Å²) in [7, 11) is 0. The number of aliphatic hydroxyl groups is 1. The second kappa shape index (κ2) is 7.20. The van der Waals surface area contributed by atoms with Crippen molar-refractivity contribution in [3.63, 3.8) is 0 Å². The largest absolute Gasteiger partial charge is 0.481 e. The van der Waals surface area contributed by atoms with Crippen LogP contribution in [0.2, 0.25) is 0 Å². The van der Waals surface area contributed by atoms with Crippen molar-refractivity contribution in [2.75, 3.05) is 39.5 Å². The Balaban J connectivity index is 1.78. The quantitative estimate of drug-likeness (QED) is 0.629. The number of amides is 1. The molecular formula is C14H24N2O5. The molecule has 7 heteroatoms. The number of carboxylic acid groups (broad SMARTS) is 1. The van der Waals surface area contributed by atoms with E-state index in [0.717, 1.165) is 0 Å². The van der Waals surface area contributed by atoms with Gasteiger partial charge in [0.25, 0.3) is 0 Å². The molecule has 0 radical (unpaired) electrons. The summed E-state index contributed by atoms with van der Waals surface area (Å²) in [4.78, 5) is 24.8. The predicted octanol–water partition coefficient (Wildman–Crippen LogP) is -0.559. The van der Waals surface area contributed by atoms with Gasteiger partial charge in [0, 0.05) is 31.8 Å². The first-order chi connectivity index (χ1) is 10.1. The summed E-state index contributed by atoms with van der Waals surface area (Å²) in [6, 6.07) is 0. The summed E-state index contributed by atoms with van der Waals surface area (Å²) in [6.45, 7) is 2.33. The lowest BCUT2D eigenvalue weighted by Crippen LogP contribution is -2.55. The molecule has 21 heavy (non-hydrogen) atoms. The predicted molar refractivity (Wildman–Crippen MR) is 74.8 cm³/mol. The van der Waals surface area contributed by atoms with E-state index in [1.54, 1.807) is 4.90 Å². The van der Waals surface area contributed by atoms with Gasteiger partial charge in [-0.2, -0.15) is 0 Å². The maximum absolute atomic E-state index is 12.2. The average molecular weight is 300 g/mol. The molecule has 3 N–H and O–H groups in total. The van der Waals surface area contributed by atoms with Gasteiger partial charge in [0.1, 0.15) is 0 Å². The first kappa shape index (κ1) is 16.2. The lowest BCUT2D eigenvalue weighted by atomic mass is 9.91. The molecule has 0 spiro atoms. The summed E-state index contributed by atoms with van der Waals surface area (Å²) in [5.74, 6) is -1.14. The highest BCUT2D eigenvalue weighted by Crippen LogP contribution is 2.20. The summed E-state index contributed by atoms with van der Waals surface area (Å²) < 4.78 is 5.28. The maximum Gasteiger partial charge on any atom is 0.306 e. The fourth-order valence-corrected chi connectivity index (χ4v) is 2.90. The molecule has 120 valence electrons. The normalized spacial score (nSPS) is 23.0. The van der Waals surface area contributed by atoms with Crippen LogP contribution in [0.1, 0.15) is 25.7 Å². The number of aliphatic hydroxyl groups excluding tert-OH is 1. The summed E-state index contributed by atoms with van der Waals surface area (Å²) in [6.07, 6.45) is 2.41. The lowest BCUT2D eigenvalue weighted by Gasteiger charge is -2.37. The molecule has 0 bridgehead atoms. The van der Waals surface area contributed by atoms with Gasteiger partial charge in [-0.05, 0) is 25.7 Å². The number of carbonyl (C=O) groups is 2. The second-order valence-corrected chi connectivity index (χ2v) is 5.90. The van der Waals surface area contributed by atoms with Gasteiger partial charge in [-0.3, -0.25) is 9.59 Å². The van der Waals surface area contributed by atoms with Gasteiger partial charge in [-0.25, -0.2) is 0 Å². The number of hydrogen-bond donors (Lipinski definition) is 3. The monoisotopic (exact) mass is 300 g/mol. The number of likely N-dealkylation sites (tertiary alicyclic amines) is 1. The summed E-state index contributed by atoms with van der Waals surface area (Å²) >= 11 is 0. The molecule has 0 atom stereocenters. The van der Waals surface area contributed by atoms with Gasteiger partial charge < -0.3 is 25.2 Å². The molecule has 0 unspecified atom stereocenters. The van der Waals surface area contributed by atoms with Crippen molar-refractivity contribution in [1.82, 2.24) is 10.2 Å². The average Bonchev–Trinajstić information content (AvgIpc) is 2.53. The number of ether oxygens (including phenoxy) is 1. The zero-order valence-electron chi connectivity index (χ0n) is 12.2. The molecule has 7 nitrogen and oxygen atoms in total. The fraction of sp³-hybridized carbons (Fsp3) is 0.857. The Labute approximate surface area is 124 Å². The van der Waals surface area contributed by atoms with Crippen LogP contribution in [0.3, 0.4) is 0 Å². The molecule has 2 fully saturated rings. The van der Waals surface area contributed by atoms with E-state index in [-0.39, 0.29) is 25.0 Å². The van der Waals surface area contributed by atoms with Crippen LogP contribution in [0.4, 0.5) is 0 Å². The van der Waals surface area contributed by atoms with Crippen LogP contribution >= 0.6 is 0 Å². The zero-order valence-corrected chi connectivity index (χ0v) is 12.2. The smallest absolute Gasteiger partial charge is 0.306 e. The second-order valence-electron chi connectivity index (χ2n) is 5.90. The molecule has 2 aliphatic rings. The molecule has 0 aromatic rings. The van der Waals surface area contributed by atoms with Gasteiger partial charge in [0.2, 0.25) is 5.91 Å². The third-order valence-electron chi connectivity index (χ3n) is 4.56. The Morgan fingerprint density at radius 2 is 1.86 bits per heavy atom. The molecule has 2 rings (SSSR count). The van der Waals surface area contributed by atoms with Gasteiger partial charge >= 0.3 is 5.97 Å². The van der Waals surface area contributed by atoms with Gasteiger partial charge in [0.15, 0.2) is 0 Å². The third kappa shape index (κ3) is 4.15. The number of nitrogens with one attached hydrogen (secondary N) is 1. The first-order valence-corrected chi connectivity index (χ1v) is 7.50. The van der Waals surface area contributed by atoms with Crippen LogP contribution in [-0.2, 0) is 14.3 Å². The lowest BCUT2D eigenvalue weighted by molar-refractivity contribution is -0.145. The van der Waals surface area contributed by atoms with E-state index in [2.05, 4.69) is 5.32 Å². The van der Waals surface area contributed by atoms with Crippen LogP contribution in [0.5, 0.6) is 0 Å². The van der Waals surface area contributed by atoms with Gasteiger partial charge in [-0.15, -0.1) is 0 Å². The highest BCUT2D eigenvalue weighted by atomic mass is 16.5. The Bertz CT molecular complexity index is 374. The minimum absolute atomic E-state index is 0.00920. The number of nitrogens with zero attached hydrogens (tertiary/aromatic N) is 1. The number of aliphatic carboxylic acids is 1. The molecule has 2 heterocycles. The Morgan fingerprint density at radius 3 is 2.38 bits per heavy atom. The Kier molecular flexibility index (Phi) is 5.55. The number of carboxylic acids is 1. The molecule has 0 aromatic carbocycles. The summed E-state index contributed by atoms with van der Waals surface area (Å²) in [5, 5.41) is 21.7. The maximum atomic E-state index is 12.2. The highest BCUT2D eigenvalue weighted by molar-refractivity contribution is 5.79. The Hall–Kier alpha value is -1.18. The zero-order chi connectivity index (χ0) is 15.3. The number of piperidine rings is 1. The molecular weight excluding hydrogens is 276 g/mol. The van der Waals surface area contributed by atoms with Gasteiger partial charge in [0.05, 0.1) is 19.1 Å². The van der Waals surface area contributed by atoms with E-state index >= 15 is 0 Å². The number of carbonyl (C=O) groups excluding carboxylic acids is 1. The van der Waals surface area contributed by atoms with Crippen molar-refractivity contribution >= 4 is 11.9 Å². The molecule has 0 aliphatic carbocycles. The minimum Gasteiger partial charge on any atom is -0.481 e. The van der Waals surface area contributed by atoms with Crippen molar-refractivity contribution in [1.29, 1.82) is 0 Å². The minimum atomic E-state index is -0.776. The molecule has 2 aliphatic heterocycles. The topological polar surface area (TPSA) is 99.1 Å². The van der Waals surface area contributed by atoms with E-state index in [1.807, 2.05) is 0 Å². The van der Waals surface area contributed by atoms with Crippen molar-refractivity contribution in [3.8, 4) is 0 Å². The molecule has 2 saturated heterocycles. The first-order valence-electron chi connectivity index (χ1n) is 7.50. The number of hydrogen-bond acceptors (Lipinski definition) is 5. The van der Waals surface area contributed by atoms with Gasteiger partial charge in [-0.1, -0.05) is 0 Å². The van der Waals surface area contributed by atoms with Crippen LogP contribution in [0, 0.1) is 5.92 Å². The van der Waals surface area contributed by atoms with Crippen LogP contribution in [0.15, 0.2) is 0 Å².